The van der Waals surface area contributed by atoms with Crippen LogP contribution in [0.25, 0.3) is 0 Å². The van der Waals surface area contributed by atoms with Crippen molar-refractivity contribution >= 4 is 27.3 Å². The lowest BCUT2D eigenvalue weighted by Crippen LogP contribution is -2.47. The van der Waals surface area contributed by atoms with Gasteiger partial charge in [0.15, 0.2) is 0 Å². The van der Waals surface area contributed by atoms with E-state index in [4.69, 9.17) is 16.3 Å². The van der Waals surface area contributed by atoms with E-state index in [0.717, 1.165) is 50.6 Å². The second-order valence-corrected chi connectivity index (χ2v) is 9.38. The molecule has 0 unspecified atom stereocenters. The second-order valence-electron chi connectivity index (χ2n) is 7.14. The molecule has 1 heterocycles. The lowest BCUT2D eigenvalue weighted by molar-refractivity contribution is 0.254. The Morgan fingerprint density at radius 2 is 1.83 bits per heavy atom. The highest BCUT2D eigenvalue weighted by Crippen LogP contribution is 2.28. The first-order valence-corrected chi connectivity index (χ1v) is 11.8. The fourth-order valence-electron chi connectivity index (χ4n) is 3.53. The van der Waals surface area contributed by atoms with Crippen LogP contribution in [0.15, 0.2) is 48.5 Å². The Hall–Kier alpha value is -1.80. The number of nitrogens with one attached hydrogen (secondary N) is 1. The molecular formula is C21H28ClN3O3S. The van der Waals surface area contributed by atoms with Gasteiger partial charge in [0.25, 0.3) is 0 Å². The molecule has 0 spiro atoms. The third-order valence-corrected chi connectivity index (χ3v) is 6.61. The van der Waals surface area contributed by atoms with Crippen LogP contribution in [0.2, 0.25) is 5.02 Å². The summed E-state index contributed by atoms with van der Waals surface area (Å²) in [6.45, 7) is 5.08. The molecule has 0 aromatic heterocycles. The van der Waals surface area contributed by atoms with Crippen LogP contribution in [0, 0.1) is 0 Å². The van der Waals surface area contributed by atoms with Gasteiger partial charge in [-0.3, -0.25) is 4.90 Å². The molecule has 158 valence electrons. The average Bonchev–Trinajstić information content (AvgIpc) is 2.71. The second kappa shape index (κ2) is 10.3. The predicted octanol–water partition coefficient (Wildman–Crippen LogP) is 2.98. The van der Waals surface area contributed by atoms with Gasteiger partial charge in [0, 0.05) is 37.7 Å². The number of sulfonamides is 1. The number of benzene rings is 2. The van der Waals surface area contributed by atoms with E-state index in [1.54, 1.807) is 31.4 Å². The fourth-order valence-corrected chi connectivity index (χ4v) is 4.92. The summed E-state index contributed by atoms with van der Waals surface area (Å²) in [4.78, 5) is 4.71. The fraction of sp³-hybridized carbons (Fsp3) is 0.429. The number of rotatable bonds is 9. The molecule has 1 N–H and O–H groups in total. The summed E-state index contributed by atoms with van der Waals surface area (Å²) in [5, 5.41) is 0.546. The Balaban J connectivity index is 1.38. The number of hydrogen-bond donors (Lipinski definition) is 1. The number of piperazine rings is 1. The maximum Gasteiger partial charge on any atom is 0.215 e. The zero-order valence-electron chi connectivity index (χ0n) is 16.7. The average molecular weight is 438 g/mol. The molecule has 0 radical (unpaired) electrons. The highest BCUT2D eigenvalue weighted by atomic mass is 35.5. The Kier molecular flexibility index (Phi) is 7.77. The lowest BCUT2D eigenvalue weighted by Gasteiger charge is -2.36. The van der Waals surface area contributed by atoms with E-state index in [-0.39, 0.29) is 5.75 Å². The molecule has 29 heavy (non-hydrogen) atoms. The van der Waals surface area contributed by atoms with Crippen molar-refractivity contribution in [2.45, 2.75) is 12.2 Å². The first-order valence-electron chi connectivity index (χ1n) is 9.79. The molecule has 8 heteroatoms. The molecule has 0 saturated carbocycles. The van der Waals surface area contributed by atoms with Gasteiger partial charge < -0.3 is 9.64 Å². The van der Waals surface area contributed by atoms with E-state index < -0.39 is 10.0 Å². The number of hydrogen-bond acceptors (Lipinski definition) is 5. The van der Waals surface area contributed by atoms with Gasteiger partial charge in [0.05, 0.1) is 18.6 Å². The van der Waals surface area contributed by atoms with Crippen LogP contribution in [0.1, 0.15) is 12.0 Å². The van der Waals surface area contributed by atoms with Gasteiger partial charge in [0.2, 0.25) is 10.0 Å². The summed E-state index contributed by atoms with van der Waals surface area (Å²) in [5.74, 6) is 0.848. The Bertz CT molecular complexity index is 900. The van der Waals surface area contributed by atoms with E-state index in [2.05, 4.69) is 20.6 Å². The first-order chi connectivity index (χ1) is 14.0. The van der Waals surface area contributed by atoms with Gasteiger partial charge in [-0.2, -0.15) is 0 Å². The molecule has 1 aliphatic heterocycles. The monoisotopic (exact) mass is 437 g/mol. The maximum atomic E-state index is 12.2. The highest BCUT2D eigenvalue weighted by Gasteiger charge is 2.19. The summed E-state index contributed by atoms with van der Waals surface area (Å²) in [5.41, 5.74) is 1.82. The standard InChI is InChI=1S/C21H28ClN3O3S/c1-28-21-9-3-2-8-20(21)25-14-12-24(13-15-25)11-5-10-23-29(26,27)17-18-6-4-7-19(22)16-18/h2-4,6-9,16,23H,5,10-15,17H2,1H3. The Morgan fingerprint density at radius 3 is 2.55 bits per heavy atom. The number of para-hydroxylation sites is 2. The van der Waals surface area contributed by atoms with Crippen molar-refractivity contribution in [1.82, 2.24) is 9.62 Å². The minimum Gasteiger partial charge on any atom is -0.495 e. The number of methoxy groups -OCH3 is 1. The van der Waals surface area contributed by atoms with Crippen molar-refractivity contribution in [3.63, 3.8) is 0 Å². The third kappa shape index (κ3) is 6.60. The molecular weight excluding hydrogens is 410 g/mol. The predicted molar refractivity (Wildman–Crippen MR) is 118 cm³/mol. The number of ether oxygens (including phenoxy) is 1. The smallest absolute Gasteiger partial charge is 0.215 e. The molecule has 1 aliphatic rings. The van der Waals surface area contributed by atoms with E-state index in [9.17, 15) is 8.42 Å². The molecule has 0 atom stereocenters. The first kappa shape index (κ1) is 21.9. The largest absolute Gasteiger partial charge is 0.495 e. The Labute approximate surface area is 178 Å². The van der Waals surface area contributed by atoms with Gasteiger partial charge in [-0.1, -0.05) is 35.9 Å². The molecule has 2 aromatic rings. The van der Waals surface area contributed by atoms with Crippen molar-refractivity contribution < 1.29 is 13.2 Å². The van der Waals surface area contributed by atoms with Crippen LogP contribution in [-0.2, 0) is 15.8 Å². The van der Waals surface area contributed by atoms with Crippen LogP contribution in [0.4, 0.5) is 5.69 Å². The molecule has 1 fully saturated rings. The third-order valence-electron chi connectivity index (χ3n) is 5.02. The van der Waals surface area contributed by atoms with Gasteiger partial charge in [-0.25, -0.2) is 13.1 Å². The van der Waals surface area contributed by atoms with Gasteiger partial charge in [-0.05, 0) is 42.8 Å². The van der Waals surface area contributed by atoms with E-state index in [1.807, 2.05) is 18.2 Å². The molecule has 0 aliphatic carbocycles. The quantitative estimate of drug-likeness (QED) is 0.611. The summed E-state index contributed by atoms with van der Waals surface area (Å²) in [6.07, 6.45) is 0.781. The highest BCUT2D eigenvalue weighted by molar-refractivity contribution is 7.88. The SMILES string of the molecule is COc1ccccc1N1CCN(CCCNS(=O)(=O)Cc2cccc(Cl)c2)CC1. The van der Waals surface area contributed by atoms with Crippen molar-refractivity contribution in [3.05, 3.63) is 59.1 Å². The van der Waals surface area contributed by atoms with E-state index in [1.165, 1.54) is 0 Å². The molecule has 0 amide bonds. The van der Waals surface area contributed by atoms with Crippen LogP contribution in [0.5, 0.6) is 5.75 Å². The van der Waals surface area contributed by atoms with E-state index in [0.29, 0.717) is 17.1 Å². The zero-order valence-corrected chi connectivity index (χ0v) is 18.3. The topological polar surface area (TPSA) is 61.9 Å². The lowest BCUT2D eigenvalue weighted by atomic mass is 10.2. The van der Waals surface area contributed by atoms with E-state index >= 15 is 0 Å². The van der Waals surface area contributed by atoms with Gasteiger partial charge in [0.1, 0.15) is 5.75 Å². The molecule has 1 saturated heterocycles. The summed E-state index contributed by atoms with van der Waals surface area (Å²) in [7, 11) is -1.66. The zero-order chi connectivity index (χ0) is 20.7. The Morgan fingerprint density at radius 1 is 1.07 bits per heavy atom. The van der Waals surface area contributed by atoms with Crippen molar-refractivity contribution in [1.29, 1.82) is 0 Å². The summed E-state index contributed by atoms with van der Waals surface area (Å²) in [6, 6.07) is 15.0. The number of halogens is 1. The minimum atomic E-state index is -3.36. The molecule has 0 bridgehead atoms. The van der Waals surface area contributed by atoms with Crippen LogP contribution in [-0.4, -0.2) is 59.7 Å². The number of anilines is 1. The minimum absolute atomic E-state index is 0.0505. The molecule has 2 aromatic carbocycles. The summed E-state index contributed by atoms with van der Waals surface area (Å²) < 4.78 is 32.6. The molecule has 3 rings (SSSR count). The normalized spacial score (nSPS) is 15.4. The van der Waals surface area contributed by atoms with Crippen LogP contribution >= 0.6 is 11.6 Å². The summed E-state index contributed by atoms with van der Waals surface area (Å²) >= 11 is 5.92. The maximum absolute atomic E-state index is 12.2. The van der Waals surface area contributed by atoms with Crippen LogP contribution < -0.4 is 14.4 Å². The number of nitrogens with zero attached hydrogens (tertiary/aromatic N) is 2. The van der Waals surface area contributed by atoms with Crippen LogP contribution in [0.3, 0.4) is 0 Å². The van der Waals surface area contributed by atoms with Crippen molar-refractivity contribution in [2.24, 2.45) is 0 Å². The molecule has 6 nitrogen and oxygen atoms in total. The van der Waals surface area contributed by atoms with Crippen molar-refractivity contribution in [2.75, 3.05) is 51.3 Å². The van der Waals surface area contributed by atoms with Crippen molar-refractivity contribution in [3.8, 4) is 5.75 Å². The van der Waals surface area contributed by atoms with Gasteiger partial charge >= 0.3 is 0 Å². The van der Waals surface area contributed by atoms with Gasteiger partial charge in [-0.15, -0.1) is 0 Å².